The molecule has 0 aliphatic heterocycles. The van der Waals surface area contributed by atoms with Gasteiger partial charge in [0.1, 0.15) is 0 Å². The van der Waals surface area contributed by atoms with Crippen molar-refractivity contribution in [3.63, 3.8) is 0 Å². The Bertz CT molecular complexity index is 538. The maximum absolute atomic E-state index is 3.61. The predicted molar refractivity (Wildman–Crippen MR) is 85.5 cm³/mol. The molecule has 1 heteroatoms. The number of hydrogen-bond donors (Lipinski definition) is 1. The first-order valence-corrected chi connectivity index (χ1v) is 7.66. The van der Waals surface area contributed by atoms with Crippen LogP contribution in [0, 0.1) is 5.41 Å². The van der Waals surface area contributed by atoms with Crippen LogP contribution in [0.2, 0.25) is 0 Å². The molecule has 2 aromatic carbocycles. The standard InChI is InChI=1S/C19H23N/c1-2-19(12-13-19)15-20-14-16-8-10-18(11-9-16)17-6-4-3-5-7-17/h3-11,20H,2,12-15H2,1H3. The Balaban J connectivity index is 1.56. The van der Waals surface area contributed by atoms with Crippen molar-refractivity contribution < 1.29 is 0 Å². The zero-order chi connectivity index (χ0) is 13.8. The molecule has 1 aliphatic rings. The minimum absolute atomic E-state index is 0.629. The average molecular weight is 265 g/mol. The summed E-state index contributed by atoms with van der Waals surface area (Å²) in [4.78, 5) is 0. The second-order valence-corrected chi connectivity index (χ2v) is 6.02. The van der Waals surface area contributed by atoms with Crippen LogP contribution in [0.3, 0.4) is 0 Å². The molecule has 3 rings (SSSR count). The molecule has 0 radical (unpaired) electrons. The smallest absolute Gasteiger partial charge is 0.0205 e. The van der Waals surface area contributed by atoms with Gasteiger partial charge in [-0.3, -0.25) is 0 Å². The van der Waals surface area contributed by atoms with Gasteiger partial charge in [-0.1, -0.05) is 61.5 Å². The molecule has 0 bridgehead atoms. The molecule has 0 unspecified atom stereocenters. The van der Waals surface area contributed by atoms with Gasteiger partial charge >= 0.3 is 0 Å². The second-order valence-electron chi connectivity index (χ2n) is 6.02. The van der Waals surface area contributed by atoms with E-state index in [4.69, 9.17) is 0 Å². The first-order valence-electron chi connectivity index (χ1n) is 7.66. The van der Waals surface area contributed by atoms with Crippen LogP contribution in [-0.4, -0.2) is 6.54 Å². The van der Waals surface area contributed by atoms with E-state index in [1.165, 1.54) is 42.5 Å². The van der Waals surface area contributed by atoms with Crippen molar-refractivity contribution in [2.24, 2.45) is 5.41 Å². The van der Waals surface area contributed by atoms with Crippen molar-refractivity contribution in [1.29, 1.82) is 0 Å². The van der Waals surface area contributed by atoms with Gasteiger partial charge in [0.25, 0.3) is 0 Å². The normalized spacial score (nSPS) is 16.1. The molecule has 0 heterocycles. The quantitative estimate of drug-likeness (QED) is 0.802. The van der Waals surface area contributed by atoms with Crippen molar-refractivity contribution in [2.75, 3.05) is 6.54 Å². The molecule has 1 aliphatic carbocycles. The van der Waals surface area contributed by atoms with E-state index in [-0.39, 0.29) is 0 Å². The van der Waals surface area contributed by atoms with Crippen LogP contribution < -0.4 is 5.32 Å². The summed E-state index contributed by atoms with van der Waals surface area (Å²) >= 11 is 0. The molecule has 1 fully saturated rings. The second kappa shape index (κ2) is 5.80. The van der Waals surface area contributed by atoms with Crippen LogP contribution in [0.15, 0.2) is 54.6 Å². The highest BCUT2D eigenvalue weighted by Gasteiger charge is 2.39. The molecule has 0 aromatic heterocycles. The minimum atomic E-state index is 0.629. The Labute approximate surface area is 122 Å². The van der Waals surface area contributed by atoms with Crippen molar-refractivity contribution in [3.8, 4) is 11.1 Å². The summed E-state index contributed by atoms with van der Waals surface area (Å²) in [5, 5.41) is 3.61. The topological polar surface area (TPSA) is 12.0 Å². The largest absolute Gasteiger partial charge is 0.312 e. The summed E-state index contributed by atoms with van der Waals surface area (Å²) in [6.45, 7) is 4.46. The van der Waals surface area contributed by atoms with Crippen LogP contribution in [0.1, 0.15) is 31.7 Å². The summed E-state index contributed by atoms with van der Waals surface area (Å²) in [7, 11) is 0. The fraction of sp³-hybridized carbons (Fsp3) is 0.368. The molecule has 0 spiro atoms. The summed E-state index contributed by atoms with van der Waals surface area (Å²) in [6.07, 6.45) is 4.12. The fourth-order valence-electron chi connectivity index (χ4n) is 2.75. The fourth-order valence-corrected chi connectivity index (χ4v) is 2.75. The lowest BCUT2D eigenvalue weighted by Crippen LogP contribution is -2.23. The lowest BCUT2D eigenvalue weighted by molar-refractivity contribution is 0.443. The van der Waals surface area contributed by atoms with E-state index in [2.05, 4.69) is 66.8 Å². The van der Waals surface area contributed by atoms with Gasteiger partial charge < -0.3 is 5.32 Å². The van der Waals surface area contributed by atoms with Crippen LogP contribution in [0.4, 0.5) is 0 Å². The number of hydrogen-bond acceptors (Lipinski definition) is 1. The third kappa shape index (κ3) is 3.10. The monoisotopic (exact) mass is 265 g/mol. The van der Waals surface area contributed by atoms with Gasteiger partial charge in [-0.25, -0.2) is 0 Å². The number of nitrogens with one attached hydrogen (secondary N) is 1. The zero-order valence-electron chi connectivity index (χ0n) is 12.2. The molecule has 1 saturated carbocycles. The first-order chi connectivity index (χ1) is 9.81. The maximum Gasteiger partial charge on any atom is 0.0205 e. The third-order valence-corrected chi connectivity index (χ3v) is 4.60. The van der Waals surface area contributed by atoms with Gasteiger partial charge in [0, 0.05) is 13.1 Å². The molecular formula is C19H23N. The zero-order valence-corrected chi connectivity index (χ0v) is 12.2. The van der Waals surface area contributed by atoms with Crippen LogP contribution >= 0.6 is 0 Å². The van der Waals surface area contributed by atoms with E-state index >= 15 is 0 Å². The third-order valence-electron chi connectivity index (χ3n) is 4.60. The first kappa shape index (κ1) is 13.4. The lowest BCUT2D eigenvalue weighted by atomic mass is 10.0. The highest BCUT2D eigenvalue weighted by atomic mass is 14.9. The van der Waals surface area contributed by atoms with E-state index in [0.717, 1.165) is 6.54 Å². The van der Waals surface area contributed by atoms with E-state index in [9.17, 15) is 0 Å². The average Bonchev–Trinajstić information content (AvgIpc) is 3.29. The minimum Gasteiger partial charge on any atom is -0.312 e. The molecule has 0 saturated heterocycles. The van der Waals surface area contributed by atoms with Crippen molar-refractivity contribution in [2.45, 2.75) is 32.7 Å². The van der Waals surface area contributed by atoms with E-state index in [1.54, 1.807) is 0 Å². The van der Waals surface area contributed by atoms with Gasteiger partial charge in [0.15, 0.2) is 0 Å². The predicted octanol–water partition coefficient (Wildman–Crippen LogP) is 4.63. The van der Waals surface area contributed by atoms with Gasteiger partial charge in [-0.2, -0.15) is 0 Å². The Morgan fingerprint density at radius 3 is 2.15 bits per heavy atom. The van der Waals surface area contributed by atoms with E-state index < -0.39 is 0 Å². The summed E-state index contributed by atoms with van der Waals surface area (Å²) in [6, 6.07) is 19.5. The van der Waals surface area contributed by atoms with Crippen LogP contribution in [-0.2, 0) is 6.54 Å². The molecule has 0 amide bonds. The van der Waals surface area contributed by atoms with Crippen molar-refractivity contribution in [3.05, 3.63) is 60.2 Å². The van der Waals surface area contributed by atoms with Crippen LogP contribution in [0.25, 0.3) is 11.1 Å². The highest BCUT2D eigenvalue weighted by molar-refractivity contribution is 5.63. The molecule has 0 atom stereocenters. The summed E-state index contributed by atoms with van der Waals surface area (Å²) in [5.74, 6) is 0. The Morgan fingerprint density at radius 1 is 0.900 bits per heavy atom. The van der Waals surface area contributed by atoms with Gasteiger partial charge in [0.05, 0.1) is 0 Å². The Hall–Kier alpha value is -1.60. The number of benzene rings is 2. The van der Waals surface area contributed by atoms with Crippen molar-refractivity contribution >= 4 is 0 Å². The van der Waals surface area contributed by atoms with Crippen molar-refractivity contribution in [1.82, 2.24) is 5.32 Å². The Kier molecular flexibility index (Phi) is 3.88. The highest BCUT2D eigenvalue weighted by Crippen LogP contribution is 2.47. The maximum atomic E-state index is 3.61. The number of rotatable bonds is 6. The SMILES string of the molecule is CCC1(CNCc2ccc(-c3ccccc3)cc2)CC1. The molecule has 104 valence electrons. The molecular weight excluding hydrogens is 242 g/mol. The van der Waals surface area contributed by atoms with E-state index in [1.807, 2.05) is 0 Å². The molecule has 1 nitrogen and oxygen atoms in total. The van der Waals surface area contributed by atoms with E-state index in [0.29, 0.717) is 5.41 Å². The molecule has 1 N–H and O–H groups in total. The van der Waals surface area contributed by atoms with Gasteiger partial charge in [0.2, 0.25) is 0 Å². The summed E-state index contributed by atoms with van der Waals surface area (Å²) in [5.41, 5.74) is 4.58. The van der Waals surface area contributed by atoms with Gasteiger partial charge in [-0.05, 0) is 41.4 Å². The molecule has 20 heavy (non-hydrogen) atoms. The van der Waals surface area contributed by atoms with Gasteiger partial charge in [-0.15, -0.1) is 0 Å². The summed E-state index contributed by atoms with van der Waals surface area (Å²) < 4.78 is 0. The molecule has 2 aromatic rings. The van der Waals surface area contributed by atoms with Crippen LogP contribution in [0.5, 0.6) is 0 Å². The lowest BCUT2D eigenvalue weighted by Gasteiger charge is -2.13. The Morgan fingerprint density at radius 2 is 1.55 bits per heavy atom.